The molecule has 0 spiro atoms. The van der Waals surface area contributed by atoms with Crippen molar-refractivity contribution in [2.45, 2.75) is 27.3 Å². The Balaban J connectivity index is 1.74. The fourth-order valence-corrected chi connectivity index (χ4v) is 3.06. The predicted octanol–water partition coefficient (Wildman–Crippen LogP) is 1.41. The van der Waals surface area contributed by atoms with E-state index in [0.717, 1.165) is 31.3 Å². The Morgan fingerprint density at radius 1 is 1.16 bits per heavy atom. The molecule has 1 fully saturated rings. The first-order chi connectivity index (χ1) is 12.2. The van der Waals surface area contributed by atoms with E-state index in [9.17, 15) is 0 Å². The molecule has 1 unspecified atom stereocenters. The van der Waals surface area contributed by atoms with Crippen LogP contribution in [-0.2, 0) is 6.54 Å². The van der Waals surface area contributed by atoms with Crippen LogP contribution in [0.15, 0.2) is 29.4 Å². The zero-order valence-corrected chi connectivity index (χ0v) is 16.0. The van der Waals surface area contributed by atoms with Crippen molar-refractivity contribution < 1.29 is 0 Å². The van der Waals surface area contributed by atoms with Gasteiger partial charge in [0, 0.05) is 52.0 Å². The van der Waals surface area contributed by atoms with E-state index in [1.165, 1.54) is 32.7 Å². The molecule has 2 rings (SSSR count). The molecule has 2 N–H and O–H groups in total. The SMILES string of the molecule is CCNC(=NCc1ccccn1)NCC(C)CN1CCN(CC)CC1. The van der Waals surface area contributed by atoms with E-state index in [1.807, 2.05) is 24.4 Å². The normalized spacial score (nSPS) is 18.1. The Morgan fingerprint density at radius 2 is 1.92 bits per heavy atom. The highest BCUT2D eigenvalue weighted by Gasteiger charge is 2.17. The molecule has 1 aliphatic rings. The average molecular weight is 347 g/mol. The first-order valence-electron chi connectivity index (χ1n) is 9.58. The van der Waals surface area contributed by atoms with Gasteiger partial charge < -0.3 is 20.4 Å². The predicted molar refractivity (Wildman–Crippen MR) is 105 cm³/mol. The van der Waals surface area contributed by atoms with Crippen LogP contribution in [0.2, 0.25) is 0 Å². The number of rotatable bonds is 8. The van der Waals surface area contributed by atoms with Crippen LogP contribution in [0.1, 0.15) is 26.5 Å². The van der Waals surface area contributed by atoms with Crippen molar-refractivity contribution >= 4 is 5.96 Å². The van der Waals surface area contributed by atoms with Crippen LogP contribution < -0.4 is 10.6 Å². The van der Waals surface area contributed by atoms with E-state index in [-0.39, 0.29) is 0 Å². The molecule has 0 radical (unpaired) electrons. The van der Waals surface area contributed by atoms with Gasteiger partial charge in [-0.1, -0.05) is 19.9 Å². The summed E-state index contributed by atoms with van der Waals surface area (Å²) in [6.07, 6.45) is 1.81. The number of nitrogens with zero attached hydrogens (tertiary/aromatic N) is 4. The van der Waals surface area contributed by atoms with Crippen LogP contribution in [0.4, 0.5) is 0 Å². The zero-order valence-electron chi connectivity index (χ0n) is 16.0. The summed E-state index contributed by atoms with van der Waals surface area (Å²) in [5, 5.41) is 6.79. The van der Waals surface area contributed by atoms with Gasteiger partial charge in [-0.25, -0.2) is 4.99 Å². The summed E-state index contributed by atoms with van der Waals surface area (Å²) in [6.45, 7) is 16.1. The number of piperazine rings is 1. The molecule has 0 bridgehead atoms. The van der Waals surface area contributed by atoms with Crippen LogP contribution in [0, 0.1) is 5.92 Å². The second-order valence-corrected chi connectivity index (χ2v) is 6.74. The molecule has 0 saturated carbocycles. The topological polar surface area (TPSA) is 55.8 Å². The molecule has 1 atom stereocenters. The molecule has 25 heavy (non-hydrogen) atoms. The maximum atomic E-state index is 4.64. The maximum absolute atomic E-state index is 4.64. The van der Waals surface area contributed by atoms with Crippen LogP contribution in [-0.4, -0.2) is 73.1 Å². The summed E-state index contributed by atoms with van der Waals surface area (Å²) in [5.41, 5.74) is 0.988. The lowest BCUT2D eigenvalue weighted by molar-refractivity contribution is 0.124. The lowest BCUT2D eigenvalue weighted by Gasteiger charge is -2.35. The molecule has 6 heteroatoms. The molecule has 140 valence electrons. The fourth-order valence-electron chi connectivity index (χ4n) is 3.06. The average Bonchev–Trinajstić information content (AvgIpc) is 2.65. The Kier molecular flexibility index (Phi) is 8.69. The van der Waals surface area contributed by atoms with Crippen molar-refractivity contribution in [3.05, 3.63) is 30.1 Å². The number of aromatic nitrogens is 1. The van der Waals surface area contributed by atoms with Gasteiger partial charge >= 0.3 is 0 Å². The maximum Gasteiger partial charge on any atom is 0.191 e. The highest BCUT2D eigenvalue weighted by Crippen LogP contribution is 2.05. The number of pyridine rings is 1. The molecule has 1 aromatic heterocycles. The quantitative estimate of drug-likeness (QED) is 0.551. The van der Waals surface area contributed by atoms with E-state index in [2.05, 4.69) is 51.2 Å². The van der Waals surface area contributed by atoms with Crippen molar-refractivity contribution in [2.24, 2.45) is 10.9 Å². The van der Waals surface area contributed by atoms with Crippen molar-refractivity contribution in [1.82, 2.24) is 25.4 Å². The van der Waals surface area contributed by atoms with Crippen LogP contribution in [0.5, 0.6) is 0 Å². The van der Waals surface area contributed by atoms with Gasteiger partial charge in [0.2, 0.25) is 0 Å². The van der Waals surface area contributed by atoms with E-state index in [0.29, 0.717) is 12.5 Å². The third kappa shape index (κ3) is 7.40. The van der Waals surface area contributed by atoms with Crippen LogP contribution >= 0.6 is 0 Å². The molecule has 1 aliphatic heterocycles. The van der Waals surface area contributed by atoms with Crippen molar-refractivity contribution in [3.63, 3.8) is 0 Å². The molecule has 0 aromatic carbocycles. The van der Waals surface area contributed by atoms with Crippen molar-refractivity contribution in [1.29, 1.82) is 0 Å². The highest BCUT2D eigenvalue weighted by atomic mass is 15.3. The minimum Gasteiger partial charge on any atom is -0.357 e. The second-order valence-electron chi connectivity index (χ2n) is 6.74. The van der Waals surface area contributed by atoms with Crippen LogP contribution in [0.25, 0.3) is 0 Å². The number of hydrogen-bond donors (Lipinski definition) is 2. The number of nitrogens with one attached hydrogen (secondary N) is 2. The van der Waals surface area contributed by atoms with Gasteiger partial charge in [0.15, 0.2) is 5.96 Å². The Bertz CT molecular complexity index is 496. The molecule has 0 aliphatic carbocycles. The highest BCUT2D eigenvalue weighted by molar-refractivity contribution is 5.79. The van der Waals surface area contributed by atoms with Gasteiger partial charge in [-0.3, -0.25) is 4.98 Å². The molecule has 6 nitrogen and oxygen atoms in total. The van der Waals surface area contributed by atoms with E-state index in [4.69, 9.17) is 0 Å². The lowest BCUT2D eigenvalue weighted by atomic mass is 10.1. The van der Waals surface area contributed by atoms with Crippen molar-refractivity contribution in [3.8, 4) is 0 Å². The number of aliphatic imine (C=N–C) groups is 1. The Labute approximate surface area is 152 Å². The van der Waals surface area contributed by atoms with E-state index < -0.39 is 0 Å². The standard InChI is InChI=1S/C19H34N6/c1-4-20-19(23-15-18-8-6-7-9-21-18)22-14-17(3)16-25-12-10-24(5-2)11-13-25/h6-9,17H,4-5,10-16H2,1-3H3,(H2,20,22,23). The van der Waals surface area contributed by atoms with Crippen LogP contribution in [0.3, 0.4) is 0 Å². The Morgan fingerprint density at radius 3 is 2.56 bits per heavy atom. The fraction of sp³-hybridized carbons (Fsp3) is 0.684. The third-order valence-electron chi connectivity index (χ3n) is 4.57. The minimum atomic E-state index is 0.590. The first-order valence-corrected chi connectivity index (χ1v) is 9.58. The number of likely N-dealkylation sites (N-methyl/N-ethyl adjacent to an activating group) is 1. The smallest absolute Gasteiger partial charge is 0.191 e. The van der Waals surface area contributed by atoms with Gasteiger partial charge in [-0.05, 0) is 31.5 Å². The van der Waals surface area contributed by atoms with Gasteiger partial charge in [0.05, 0.1) is 12.2 Å². The summed E-state index contributed by atoms with van der Waals surface area (Å²) in [7, 11) is 0. The summed E-state index contributed by atoms with van der Waals surface area (Å²) in [4.78, 5) is 14.1. The minimum absolute atomic E-state index is 0.590. The van der Waals surface area contributed by atoms with Gasteiger partial charge in [-0.2, -0.15) is 0 Å². The Hall–Kier alpha value is -1.66. The first kappa shape index (κ1) is 19.7. The van der Waals surface area contributed by atoms with Crippen molar-refractivity contribution in [2.75, 3.05) is 52.4 Å². The largest absolute Gasteiger partial charge is 0.357 e. The van der Waals surface area contributed by atoms with Gasteiger partial charge in [0.25, 0.3) is 0 Å². The zero-order chi connectivity index (χ0) is 17.9. The number of hydrogen-bond acceptors (Lipinski definition) is 4. The molecular weight excluding hydrogens is 312 g/mol. The summed E-state index contributed by atoms with van der Waals surface area (Å²) in [5.74, 6) is 1.46. The molecule has 1 aromatic rings. The van der Waals surface area contributed by atoms with Gasteiger partial charge in [-0.15, -0.1) is 0 Å². The monoisotopic (exact) mass is 346 g/mol. The molecule has 0 amide bonds. The summed E-state index contributed by atoms with van der Waals surface area (Å²) < 4.78 is 0. The molecule has 1 saturated heterocycles. The van der Waals surface area contributed by atoms with E-state index in [1.54, 1.807) is 0 Å². The van der Waals surface area contributed by atoms with E-state index >= 15 is 0 Å². The summed E-state index contributed by atoms with van der Waals surface area (Å²) in [6, 6.07) is 5.93. The second kappa shape index (κ2) is 11.1. The lowest BCUT2D eigenvalue weighted by Crippen LogP contribution is -2.48. The summed E-state index contributed by atoms with van der Waals surface area (Å²) >= 11 is 0. The molecular formula is C19H34N6. The van der Waals surface area contributed by atoms with Gasteiger partial charge in [0.1, 0.15) is 0 Å². The third-order valence-corrected chi connectivity index (χ3v) is 4.57. The molecule has 2 heterocycles. The number of guanidine groups is 1.